The van der Waals surface area contributed by atoms with Gasteiger partial charge in [-0.1, -0.05) is 20.8 Å². The molecule has 0 N–H and O–H groups in total. The van der Waals surface area contributed by atoms with E-state index >= 15 is 0 Å². The summed E-state index contributed by atoms with van der Waals surface area (Å²) < 4.78 is 5.89. The smallest absolute Gasteiger partial charge is 0.0608 e. The fourth-order valence-corrected chi connectivity index (χ4v) is 2.62. The highest BCUT2D eigenvalue weighted by atomic mass is 16.5. The highest BCUT2D eigenvalue weighted by molar-refractivity contribution is 4.91. The van der Waals surface area contributed by atoms with E-state index in [1.807, 2.05) is 0 Å². The van der Waals surface area contributed by atoms with Crippen molar-refractivity contribution in [3.05, 3.63) is 0 Å². The Hall–Kier alpha value is -0.0400. The maximum Gasteiger partial charge on any atom is 0.0608 e. The number of hydrogen-bond donors (Lipinski definition) is 0. The molecule has 0 amide bonds. The molecule has 2 saturated heterocycles. The second-order valence-electron chi connectivity index (χ2n) is 4.37. The summed E-state index contributed by atoms with van der Waals surface area (Å²) >= 11 is 0. The molecule has 0 spiro atoms. The fourth-order valence-electron chi connectivity index (χ4n) is 2.62. The van der Waals surface area contributed by atoms with Crippen LogP contribution in [0.25, 0.3) is 0 Å². The van der Waals surface area contributed by atoms with Gasteiger partial charge in [0.2, 0.25) is 0 Å². The van der Waals surface area contributed by atoms with Crippen molar-refractivity contribution in [2.75, 3.05) is 0 Å². The van der Waals surface area contributed by atoms with Crippen molar-refractivity contribution >= 4 is 0 Å². The molecule has 1 heteroatoms. The van der Waals surface area contributed by atoms with Gasteiger partial charge in [0.15, 0.2) is 0 Å². The number of fused-ring (bicyclic) bond motifs is 2. The van der Waals surface area contributed by atoms with Crippen LogP contribution in [-0.2, 0) is 4.74 Å². The minimum absolute atomic E-state index is 0.589. The Labute approximate surface area is 69.1 Å². The topological polar surface area (TPSA) is 9.23 Å². The highest BCUT2D eigenvalue weighted by Gasteiger charge is 2.43. The van der Waals surface area contributed by atoms with Crippen LogP contribution in [0.5, 0.6) is 0 Å². The average Bonchev–Trinajstić information content (AvgIpc) is 2.44. The molecule has 2 heterocycles. The first-order valence-corrected chi connectivity index (χ1v) is 4.85. The Morgan fingerprint density at radius 1 is 0.818 bits per heavy atom. The maximum absolute atomic E-state index is 5.89. The van der Waals surface area contributed by atoms with Gasteiger partial charge in [0.25, 0.3) is 0 Å². The molecule has 2 rings (SSSR count). The van der Waals surface area contributed by atoms with Crippen molar-refractivity contribution in [2.45, 2.75) is 45.8 Å². The van der Waals surface area contributed by atoms with Gasteiger partial charge in [0.1, 0.15) is 0 Å². The molecule has 11 heavy (non-hydrogen) atoms. The Bertz CT molecular complexity index is 135. The van der Waals surface area contributed by atoms with Gasteiger partial charge in [-0.05, 0) is 30.6 Å². The van der Waals surface area contributed by atoms with Crippen molar-refractivity contribution < 1.29 is 4.74 Å². The lowest BCUT2D eigenvalue weighted by Gasteiger charge is -2.37. The summed E-state index contributed by atoms with van der Waals surface area (Å²) in [6.45, 7) is 7.06. The van der Waals surface area contributed by atoms with E-state index in [4.69, 9.17) is 4.74 Å². The van der Waals surface area contributed by atoms with E-state index in [0.717, 1.165) is 17.8 Å². The van der Waals surface area contributed by atoms with Crippen LogP contribution < -0.4 is 0 Å². The third-order valence-electron chi connectivity index (χ3n) is 3.92. The van der Waals surface area contributed by atoms with Crippen molar-refractivity contribution in [3.8, 4) is 0 Å². The van der Waals surface area contributed by atoms with Crippen LogP contribution in [-0.4, -0.2) is 12.2 Å². The third-order valence-corrected chi connectivity index (χ3v) is 3.92. The second kappa shape index (κ2) is 2.48. The summed E-state index contributed by atoms with van der Waals surface area (Å²) in [6.07, 6.45) is 3.79. The molecule has 0 aromatic rings. The summed E-state index contributed by atoms with van der Waals surface area (Å²) in [5.74, 6) is 2.42. The van der Waals surface area contributed by atoms with Crippen LogP contribution in [0.1, 0.15) is 33.6 Å². The maximum atomic E-state index is 5.89. The normalized spacial score (nSPS) is 56.5. The van der Waals surface area contributed by atoms with Crippen LogP contribution >= 0.6 is 0 Å². The predicted molar refractivity (Wildman–Crippen MR) is 45.4 cm³/mol. The molecule has 2 fully saturated rings. The summed E-state index contributed by atoms with van der Waals surface area (Å²) in [7, 11) is 0. The van der Waals surface area contributed by atoms with Crippen LogP contribution in [0.3, 0.4) is 0 Å². The molecular weight excluding hydrogens is 136 g/mol. The molecule has 2 aliphatic rings. The summed E-state index contributed by atoms with van der Waals surface area (Å²) in [4.78, 5) is 0. The first kappa shape index (κ1) is 7.60. The van der Waals surface area contributed by atoms with Gasteiger partial charge in [0, 0.05) is 0 Å². The zero-order valence-electron chi connectivity index (χ0n) is 7.71. The molecule has 0 aromatic carbocycles. The van der Waals surface area contributed by atoms with Crippen LogP contribution in [0.15, 0.2) is 0 Å². The first-order chi connectivity index (χ1) is 5.20. The molecule has 0 aromatic heterocycles. The first-order valence-electron chi connectivity index (χ1n) is 4.85. The van der Waals surface area contributed by atoms with Crippen molar-refractivity contribution in [3.63, 3.8) is 0 Å². The molecule has 0 radical (unpaired) electrons. The van der Waals surface area contributed by atoms with E-state index in [9.17, 15) is 0 Å². The fraction of sp³-hybridized carbons (Fsp3) is 1.00. The number of hydrogen-bond acceptors (Lipinski definition) is 1. The molecule has 0 saturated carbocycles. The van der Waals surface area contributed by atoms with Gasteiger partial charge in [-0.25, -0.2) is 0 Å². The van der Waals surface area contributed by atoms with Gasteiger partial charge in [-0.15, -0.1) is 0 Å². The van der Waals surface area contributed by atoms with Crippen LogP contribution in [0, 0.1) is 17.8 Å². The van der Waals surface area contributed by atoms with Gasteiger partial charge in [-0.2, -0.15) is 0 Å². The van der Waals surface area contributed by atoms with E-state index in [2.05, 4.69) is 20.8 Å². The third kappa shape index (κ3) is 1.01. The molecular formula is C10H18O. The van der Waals surface area contributed by atoms with Gasteiger partial charge < -0.3 is 4.74 Å². The van der Waals surface area contributed by atoms with Crippen molar-refractivity contribution in [2.24, 2.45) is 17.8 Å². The Morgan fingerprint density at radius 2 is 1.27 bits per heavy atom. The molecule has 1 unspecified atom stereocenters. The average molecular weight is 154 g/mol. The van der Waals surface area contributed by atoms with Gasteiger partial charge in [0.05, 0.1) is 12.2 Å². The van der Waals surface area contributed by atoms with E-state index in [1.54, 1.807) is 0 Å². The Kier molecular flexibility index (Phi) is 1.71. The number of ether oxygens (including phenoxy) is 1. The largest absolute Gasteiger partial charge is 0.374 e. The standard InChI is InChI=1S/C10H18O/c1-6-7(2)9-4-5-10(11-9)8(6)3/h6-10H,4-5H2,1-3H3/t6?,7-,8+,9-,10+. The van der Waals surface area contributed by atoms with E-state index in [1.165, 1.54) is 12.8 Å². The summed E-state index contributed by atoms with van der Waals surface area (Å²) in [6, 6.07) is 0. The van der Waals surface area contributed by atoms with Crippen LogP contribution in [0.2, 0.25) is 0 Å². The zero-order chi connectivity index (χ0) is 8.01. The van der Waals surface area contributed by atoms with Gasteiger partial charge in [-0.3, -0.25) is 0 Å². The van der Waals surface area contributed by atoms with Crippen LogP contribution in [0.4, 0.5) is 0 Å². The summed E-state index contributed by atoms with van der Waals surface area (Å²) in [5.41, 5.74) is 0. The summed E-state index contributed by atoms with van der Waals surface area (Å²) in [5, 5.41) is 0. The Balaban J connectivity index is 2.16. The van der Waals surface area contributed by atoms with Crippen molar-refractivity contribution in [1.82, 2.24) is 0 Å². The lowest BCUT2D eigenvalue weighted by molar-refractivity contribution is -0.0866. The Morgan fingerprint density at radius 3 is 1.73 bits per heavy atom. The molecule has 1 nitrogen and oxygen atoms in total. The van der Waals surface area contributed by atoms with E-state index < -0.39 is 0 Å². The molecule has 5 atom stereocenters. The molecule has 64 valence electrons. The molecule has 2 bridgehead atoms. The van der Waals surface area contributed by atoms with Gasteiger partial charge >= 0.3 is 0 Å². The van der Waals surface area contributed by atoms with Crippen molar-refractivity contribution in [1.29, 1.82) is 0 Å². The number of rotatable bonds is 0. The predicted octanol–water partition coefficient (Wildman–Crippen LogP) is 2.46. The lowest BCUT2D eigenvalue weighted by atomic mass is 9.80. The highest BCUT2D eigenvalue weighted by Crippen LogP contribution is 2.42. The molecule has 0 aliphatic carbocycles. The van der Waals surface area contributed by atoms with E-state index in [-0.39, 0.29) is 0 Å². The van der Waals surface area contributed by atoms with E-state index in [0.29, 0.717) is 12.2 Å². The molecule has 2 aliphatic heterocycles. The zero-order valence-corrected chi connectivity index (χ0v) is 7.71. The minimum Gasteiger partial charge on any atom is -0.374 e. The second-order valence-corrected chi connectivity index (χ2v) is 4.37. The minimum atomic E-state index is 0.589. The monoisotopic (exact) mass is 154 g/mol. The lowest BCUT2D eigenvalue weighted by Crippen LogP contribution is -2.38. The quantitative estimate of drug-likeness (QED) is 0.521. The SMILES string of the molecule is CC1[C@@H](C)[C@H]2CC[C@H](O2)[C@H]1C.